The average Bonchev–Trinajstić information content (AvgIpc) is 2.85. The number of carbonyl (C=O) groups excluding carboxylic acids is 1. The zero-order valence-corrected chi connectivity index (χ0v) is 14.8. The first-order valence-corrected chi connectivity index (χ1v) is 9.17. The molecule has 1 aromatic heterocycles. The summed E-state index contributed by atoms with van der Waals surface area (Å²) in [6.45, 7) is 2.01. The normalized spacial score (nSPS) is 15.5. The lowest BCUT2D eigenvalue weighted by Gasteiger charge is -2.24. The number of nitrogen functional groups attached to an aromatic ring is 1. The lowest BCUT2D eigenvalue weighted by atomic mass is 9.95. The number of benzene rings is 1. The third-order valence-corrected chi connectivity index (χ3v) is 5.75. The minimum Gasteiger partial charge on any atom is -0.384 e. The summed E-state index contributed by atoms with van der Waals surface area (Å²) in [6, 6.07) is 8.05. The molecule has 1 heterocycles. The largest absolute Gasteiger partial charge is 0.384 e. The summed E-state index contributed by atoms with van der Waals surface area (Å²) < 4.78 is 2.69. The molecule has 1 aliphatic rings. The summed E-state index contributed by atoms with van der Waals surface area (Å²) in [5.41, 5.74) is 8.18. The number of thiazole rings is 1. The molecule has 1 fully saturated rings. The number of carbonyl (C=O) groups is 1. The van der Waals surface area contributed by atoms with Gasteiger partial charge >= 0.3 is 0 Å². The molecule has 0 spiro atoms. The number of hydrogen-bond donors (Lipinski definition) is 2. The van der Waals surface area contributed by atoms with Gasteiger partial charge in [-0.25, -0.2) is 0 Å². The number of aromatic nitrogens is 1. The van der Waals surface area contributed by atoms with Gasteiger partial charge in [-0.3, -0.25) is 4.79 Å². The zero-order chi connectivity index (χ0) is 16.4. The highest BCUT2D eigenvalue weighted by Gasteiger charge is 2.23. The quantitative estimate of drug-likeness (QED) is 0.774. The predicted molar refractivity (Wildman–Crippen MR) is 98.8 cm³/mol. The SMILES string of the molecule is Cc1ccc(NC(=O)c2sc(=S)n(C3CCCCC3)c2N)cc1. The van der Waals surface area contributed by atoms with Crippen molar-refractivity contribution in [3.63, 3.8) is 0 Å². The van der Waals surface area contributed by atoms with Gasteiger partial charge in [0.15, 0.2) is 3.95 Å². The van der Waals surface area contributed by atoms with E-state index in [1.54, 1.807) is 0 Å². The smallest absolute Gasteiger partial charge is 0.269 e. The number of nitrogens with zero attached hydrogens (tertiary/aromatic N) is 1. The van der Waals surface area contributed by atoms with Gasteiger partial charge in [-0.15, -0.1) is 0 Å². The van der Waals surface area contributed by atoms with E-state index < -0.39 is 0 Å². The second-order valence-corrected chi connectivity index (χ2v) is 7.71. The van der Waals surface area contributed by atoms with Crippen molar-refractivity contribution in [2.45, 2.75) is 45.1 Å². The van der Waals surface area contributed by atoms with E-state index in [2.05, 4.69) is 5.32 Å². The molecule has 3 rings (SSSR count). The molecule has 1 saturated carbocycles. The van der Waals surface area contributed by atoms with Gasteiger partial charge in [-0.05, 0) is 44.1 Å². The molecule has 4 nitrogen and oxygen atoms in total. The summed E-state index contributed by atoms with van der Waals surface area (Å²) >= 11 is 6.77. The Morgan fingerprint density at radius 2 is 1.91 bits per heavy atom. The molecule has 3 N–H and O–H groups in total. The lowest BCUT2D eigenvalue weighted by Crippen LogP contribution is -2.17. The first kappa shape index (κ1) is 16.2. The van der Waals surface area contributed by atoms with Crippen molar-refractivity contribution in [2.75, 3.05) is 11.1 Å². The molecule has 0 bridgehead atoms. The monoisotopic (exact) mass is 347 g/mol. The van der Waals surface area contributed by atoms with Gasteiger partial charge in [-0.1, -0.05) is 48.3 Å². The Bertz CT molecular complexity index is 755. The van der Waals surface area contributed by atoms with Crippen LogP contribution < -0.4 is 11.1 Å². The van der Waals surface area contributed by atoms with Crippen LogP contribution in [0.2, 0.25) is 0 Å². The molecule has 2 aromatic rings. The Morgan fingerprint density at radius 3 is 2.57 bits per heavy atom. The lowest BCUT2D eigenvalue weighted by molar-refractivity contribution is 0.103. The van der Waals surface area contributed by atoms with Crippen LogP contribution in [0, 0.1) is 10.9 Å². The fourth-order valence-electron chi connectivity index (χ4n) is 3.07. The van der Waals surface area contributed by atoms with Crippen LogP contribution in [-0.2, 0) is 0 Å². The highest BCUT2D eigenvalue weighted by Crippen LogP contribution is 2.34. The molecule has 0 unspecified atom stereocenters. The van der Waals surface area contributed by atoms with Gasteiger partial charge in [-0.2, -0.15) is 0 Å². The van der Waals surface area contributed by atoms with Crippen molar-refractivity contribution in [3.05, 3.63) is 38.7 Å². The molecule has 23 heavy (non-hydrogen) atoms. The molecule has 1 aromatic carbocycles. The molecule has 0 saturated heterocycles. The van der Waals surface area contributed by atoms with E-state index >= 15 is 0 Å². The fraction of sp³-hybridized carbons (Fsp3) is 0.412. The minimum atomic E-state index is -0.183. The Labute approximate surface area is 145 Å². The maximum Gasteiger partial charge on any atom is 0.269 e. The molecule has 0 radical (unpaired) electrons. The summed E-state index contributed by atoms with van der Waals surface area (Å²) in [6.07, 6.45) is 5.86. The molecule has 0 aliphatic heterocycles. The number of aryl methyl sites for hydroxylation is 1. The Kier molecular flexibility index (Phi) is 4.82. The van der Waals surface area contributed by atoms with Crippen molar-refractivity contribution in [2.24, 2.45) is 0 Å². The van der Waals surface area contributed by atoms with Crippen LogP contribution in [0.4, 0.5) is 11.5 Å². The molecule has 6 heteroatoms. The maximum absolute atomic E-state index is 12.5. The van der Waals surface area contributed by atoms with Crippen LogP contribution in [-0.4, -0.2) is 10.5 Å². The summed E-state index contributed by atoms with van der Waals surface area (Å²) in [4.78, 5) is 13.0. The van der Waals surface area contributed by atoms with E-state index in [0.29, 0.717) is 20.7 Å². The van der Waals surface area contributed by atoms with Crippen LogP contribution in [0.15, 0.2) is 24.3 Å². The number of anilines is 2. The number of hydrogen-bond acceptors (Lipinski definition) is 4. The molecule has 0 atom stereocenters. The Hall–Kier alpha value is -1.66. The van der Waals surface area contributed by atoms with E-state index in [-0.39, 0.29) is 5.91 Å². The number of nitrogens with one attached hydrogen (secondary N) is 1. The van der Waals surface area contributed by atoms with Crippen molar-refractivity contribution in [3.8, 4) is 0 Å². The zero-order valence-electron chi connectivity index (χ0n) is 13.2. The van der Waals surface area contributed by atoms with Crippen molar-refractivity contribution < 1.29 is 4.79 Å². The average molecular weight is 348 g/mol. The van der Waals surface area contributed by atoms with Crippen molar-refractivity contribution in [1.29, 1.82) is 0 Å². The second kappa shape index (κ2) is 6.84. The number of rotatable bonds is 3. The molecular weight excluding hydrogens is 326 g/mol. The summed E-state index contributed by atoms with van der Waals surface area (Å²) in [5.74, 6) is 0.327. The van der Waals surface area contributed by atoms with Gasteiger partial charge < -0.3 is 15.6 Å². The van der Waals surface area contributed by atoms with E-state index in [9.17, 15) is 4.79 Å². The van der Waals surface area contributed by atoms with E-state index in [1.807, 2.05) is 35.8 Å². The van der Waals surface area contributed by atoms with Crippen LogP contribution in [0.3, 0.4) is 0 Å². The fourth-order valence-corrected chi connectivity index (χ4v) is 4.43. The van der Waals surface area contributed by atoms with Gasteiger partial charge in [0.05, 0.1) is 0 Å². The summed E-state index contributed by atoms with van der Waals surface area (Å²) in [7, 11) is 0. The Balaban J connectivity index is 1.83. The minimum absolute atomic E-state index is 0.183. The molecule has 122 valence electrons. The number of nitrogens with two attached hydrogens (primary N) is 1. The van der Waals surface area contributed by atoms with Crippen molar-refractivity contribution >= 4 is 41.0 Å². The maximum atomic E-state index is 12.5. The third kappa shape index (κ3) is 3.48. The van der Waals surface area contributed by atoms with Crippen LogP contribution >= 0.6 is 23.6 Å². The van der Waals surface area contributed by atoms with Gasteiger partial charge in [0, 0.05) is 11.7 Å². The Morgan fingerprint density at radius 1 is 1.26 bits per heavy atom. The van der Waals surface area contributed by atoms with Gasteiger partial charge in [0.25, 0.3) is 5.91 Å². The highest BCUT2D eigenvalue weighted by atomic mass is 32.1. The first-order chi connectivity index (χ1) is 11.1. The van der Waals surface area contributed by atoms with Gasteiger partial charge in [0.2, 0.25) is 0 Å². The van der Waals surface area contributed by atoms with E-state index in [4.69, 9.17) is 18.0 Å². The van der Waals surface area contributed by atoms with Gasteiger partial charge in [0.1, 0.15) is 10.7 Å². The van der Waals surface area contributed by atoms with E-state index in [1.165, 1.54) is 30.6 Å². The predicted octanol–water partition coefficient (Wildman–Crippen LogP) is 4.93. The van der Waals surface area contributed by atoms with E-state index in [0.717, 1.165) is 24.1 Å². The van der Waals surface area contributed by atoms with Crippen molar-refractivity contribution in [1.82, 2.24) is 4.57 Å². The molecule has 1 aliphatic carbocycles. The standard InChI is InChI=1S/C17H21N3OS2/c1-11-7-9-12(10-8-11)19-16(21)14-15(18)20(17(22)23-14)13-5-3-2-4-6-13/h7-10,13H,2-6,18H2,1H3,(H,19,21). The van der Waals surface area contributed by atoms with Crippen LogP contribution in [0.5, 0.6) is 0 Å². The number of amides is 1. The molecular formula is C17H21N3OS2. The first-order valence-electron chi connectivity index (χ1n) is 7.95. The summed E-state index contributed by atoms with van der Waals surface area (Å²) in [5, 5.41) is 2.90. The molecule has 1 amide bonds. The third-order valence-electron chi connectivity index (χ3n) is 4.33. The highest BCUT2D eigenvalue weighted by molar-refractivity contribution is 7.73. The van der Waals surface area contributed by atoms with Crippen LogP contribution in [0.1, 0.15) is 53.4 Å². The second-order valence-electron chi connectivity index (χ2n) is 6.06. The topological polar surface area (TPSA) is 60.0 Å². The van der Waals surface area contributed by atoms with Crippen LogP contribution in [0.25, 0.3) is 0 Å².